The van der Waals surface area contributed by atoms with Gasteiger partial charge in [-0.2, -0.15) is 0 Å². The Bertz CT molecular complexity index is 1690. The van der Waals surface area contributed by atoms with E-state index in [1.54, 1.807) is 0 Å². The fourth-order valence-corrected chi connectivity index (χ4v) is 11.9. The minimum Gasteiger partial charge on any atom is -0.462 e. The van der Waals surface area contributed by atoms with Crippen LogP contribution in [0.2, 0.25) is 0 Å². The Morgan fingerprint density at radius 2 is 0.529 bits per heavy atom. The molecule has 0 saturated heterocycles. The van der Waals surface area contributed by atoms with E-state index in [1.165, 1.54) is 167 Å². The third-order valence-corrected chi connectivity index (χ3v) is 17.7. The molecule has 0 aliphatic carbocycles. The van der Waals surface area contributed by atoms with Crippen molar-refractivity contribution < 1.29 is 80.2 Å². The molecule has 2 unspecified atom stereocenters. The second kappa shape index (κ2) is 61.6. The van der Waals surface area contributed by atoms with E-state index in [9.17, 15) is 43.2 Å². The van der Waals surface area contributed by atoms with E-state index in [4.69, 9.17) is 37.0 Å². The summed E-state index contributed by atoms with van der Waals surface area (Å²) in [6.45, 7) is 7.15. The maximum atomic E-state index is 13.0. The Morgan fingerprint density at radius 1 is 0.310 bits per heavy atom. The van der Waals surface area contributed by atoms with Gasteiger partial charge in [-0.3, -0.25) is 37.3 Å². The third kappa shape index (κ3) is 62.6. The van der Waals surface area contributed by atoms with Gasteiger partial charge in [0.25, 0.3) is 0 Å². The molecule has 0 aromatic carbocycles. The molecular formula is C68H132O17P2. The van der Waals surface area contributed by atoms with Crippen molar-refractivity contribution in [1.82, 2.24) is 0 Å². The quantitative estimate of drug-likeness (QED) is 0.0222. The van der Waals surface area contributed by atoms with Gasteiger partial charge in [0.15, 0.2) is 12.2 Å². The molecule has 0 saturated carbocycles. The van der Waals surface area contributed by atoms with Crippen LogP contribution in [0.1, 0.15) is 349 Å². The molecule has 3 N–H and O–H groups in total. The van der Waals surface area contributed by atoms with Crippen molar-refractivity contribution in [3.8, 4) is 0 Å². The smallest absolute Gasteiger partial charge is 0.462 e. The van der Waals surface area contributed by atoms with E-state index in [1.807, 2.05) is 0 Å². The average Bonchev–Trinajstić information content (AvgIpc) is 3.62. The first-order valence-electron chi connectivity index (χ1n) is 35.6. The molecule has 0 aliphatic rings. The van der Waals surface area contributed by atoms with E-state index < -0.39 is 97.5 Å². The van der Waals surface area contributed by atoms with Gasteiger partial charge in [-0.1, -0.05) is 298 Å². The second-order valence-corrected chi connectivity index (χ2v) is 27.9. The molecule has 516 valence electrons. The predicted molar refractivity (Wildman–Crippen MR) is 349 cm³/mol. The Balaban J connectivity index is 5.24. The number of phosphoric acid groups is 2. The summed E-state index contributed by atoms with van der Waals surface area (Å²) in [5.41, 5.74) is 0. The fourth-order valence-electron chi connectivity index (χ4n) is 10.3. The van der Waals surface area contributed by atoms with Crippen LogP contribution in [0.4, 0.5) is 0 Å². The lowest BCUT2D eigenvalue weighted by Crippen LogP contribution is -2.30. The van der Waals surface area contributed by atoms with Gasteiger partial charge < -0.3 is 33.8 Å². The van der Waals surface area contributed by atoms with E-state index in [0.29, 0.717) is 31.6 Å². The maximum absolute atomic E-state index is 13.0. The molecule has 0 radical (unpaired) electrons. The number of hydrogen-bond donors (Lipinski definition) is 3. The molecule has 0 bridgehead atoms. The zero-order chi connectivity index (χ0) is 64.2. The van der Waals surface area contributed by atoms with Crippen LogP contribution in [0.15, 0.2) is 0 Å². The van der Waals surface area contributed by atoms with Crippen LogP contribution in [-0.2, 0) is 65.4 Å². The molecule has 19 heteroatoms. The monoisotopic (exact) mass is 1280 g/mol. The standard InChI is InChI=1S/C68H132O17P2/c1-6-9-12-15-18-21-24-26-28-31-34-37-44-49-54-68(73)84-63(57-78-65(70)51-46-41-35-32-30-27-25-22-19-16-13-10-7-2)59-82-86(74,75)80-55-62(69)56-81-87(76,77)83-60-64(58-79-66(71)52-47-42-39-38-40-45-50-61(4)5)85-67(72)53-48-43-36-33-29-23-20-17-14-11-8-3/h61-64,69H,6-60H2,1-5H3,(H,74,75)(H,76,77)/t62-,63-,64-/m1/s1. The van der Waals surface area contributed by atoms with Crippen LogP contribution in [0, 0.1) is 5.92 Å². The molecular weight excluding hydrogens is 1150 g/mol. The van der Waals surface area contributed by atoms with E-state index in [0.717, 1.165) is 96.3 Å². The first kappa shape index (κ1) is 85.1. The molecule has 0 fully saturated rings. The highest BCUT2D eigenvalue weighted by atomic mass is 31.2. The Kier molecular flexibility index (Phi) is 60.2. The van der Waals surface area contributed by atoms with E-state index in [-0.39, 0.29) is 25.7 Å². The number of unbranched alkanes of at least 4 members (excludes halogenated alkanes) is 40. The minimum atomic E-state index is -4.95. The summed E-state index contributed by atoms with van der Waals surface area (Å²) < 4.78 is 68.2. The van der Waals surface area contributed by atoms with E-state index >= 15 is 0 Å². The molecule has 0 aliphatic heterocycles. The number of carbonyl (C=O) groups is 4. The Morgan fingerprint density at radius 3 is 0.782 bits per heavy atom. The number of ether oxygens (including phenoxy) is 4. The van der Waals surface area contributed by atoms with Crippen molar-refractivity contribution in [2.24, 2.45) is 5.92 Å². The van der Waals surface area contributed by atoms with Crippen molar-refractivity contribution in [3.63, 3.8) is 0 Å². The van der Waals surface area contributed by atoms with Crippen LogP contribution >= 0.6 is 15.6 Å². The van der Waals surface area contributed by atoms with Crippen LogP contribution in [0.25, 0.3) is 0 Å². The highest BCUT2D eigenvalue weighted by Crippen LogP contribution is 2.45. The summed E-state index contributed by atoms with van der Waals surface area (Å²) >= 11 is 0. The van der Waals surface area contributed by atoms with Gasteiger partial charge in [-0.15, -0.1) is 0 Å². The van der Waals surface area contributed by atoms with Crippen molar-refractivity contribution in [1.29, 1.82) is 0 Å². The number of rotatable bonds is 68. The van der Waals surface area contributed by atoms with Crippen molar-refractivity contribution >= 4 is 39.5 Å². The summed E-state index contributed by atoms with van der Waals surface area (Å²) in [6.07, 6.45) is 47.2. The molecule has 0 spiro atoms. The lowest BCUT2D eigenvalue weighted by molar-refractivity contribution is -0.161. The summed E-state index contributed by atoms with van der Waals surface area (Å²) in [5.74, 6) is -1.44. The molecule has 0 amide bonds. The molecule has 0 aromatic rings. The van der Waals surface area contributed by atoms with Gasteiger partial charge in [-0.05, 0) is 31.6 Å². The normalized spacial score (nSPS) is 14.1. The Labute approximate surface area is 530 Å². The second-order valence-electron chi connectivity index (χ2n) is 25.0. The lowest BCUT2D eigenvalue weighted by Gasteiger charge is -2.21. The minimum absolute atomic E-state index is 0.106. The van der Waals surface area contributed by atoms with Crippen LogP contribution in [0.5, 0.6) is 0 Å². The number of phosphoric ester groups is 2. The SMILES string of the molecule is CCCCCCCCCCCCCCCCC(=O)O[C@H](COC(=O)CCCCCCCCCCCCCCC)COP(=O)(O)OC[C@@H](O)COP(=O)(O)OC[C@@H](COC(=O)CCCCCCCCC(C)C)OC(=O)CCCCCCCCCCCCC. The molecule has 17 nitrogen and oxygen atoms in total. The predicted octanol–water partition coefficient (Wildman–Crippen LogP) is 19.4. The topological polar surface area (TPSA) is 237 Å². The van der Waals surface area contributed by atoms with Crippen molar-refractivity contribution in [2.75, 3.05) is 39.6 Å². The largest absolute Gasteiger partial charge is 0.472 e. The Hall–Kier alpha value is -1.94. The lowest BCUT2D eigenvalue weighted by atomic mass is 10.0. The number of aliphatic hydroxyl groups excluding tert-OH is 1. The molecule has 0 heterocycles. The van der Waals surface area contributed by atoms with Gasteiger partial charge in [0.1, 0.15) is 19.3 Å². The highest BCUT2D eigenvalue weighted by Gasteiger charge is 2.30. The zero-order valence-electron chi connectivity index (χ0n) is 56.2. The van der Waals surface area contributed by atoms with Crippen LogP contribution in [-0.4, -0.2) is 96.7 Å². The number of hydrogen-bond acceptors (Lipinski definition) is 15. The summed E-state index contributed by atoms with van der Waals surface area (Å²) in [5, 5.41) is 10.6. The molecule has 5 atom stereocenters. The fraction of sp³-hybridized carbons (Fsp3) is 0.941. The van der Waals surface area contributed by atoms with Crippen molar-refractivity contribution in [3.05, 3.63) is 0 Å². The summed E-state index contributed by atoms with van der Waals surface area (Å²) in [6, 6.07) is 0. The van der Waals surface area contributed by atoms with Crippen LogP contribution < -0.4 is 0 Å². The molecule has 0 rings (SSSR count). The average molecular weight is 1280 g/mol. The highest BCUT2D eigenvalue weighted by molar-refractivity contribution is 7.47. The first-order valence-corrected chi connectivity index (χ1v) is 38.6. The van der Waals surface area contributed by atoms with Crippen LogP contribution in [0.3, 0.4) is 0 Å². The third-order valence-electron chi connectivity index (χ3n) is 15.8. The summed E-state index contributed by atoms with van der Waals surface area (Å²) in [7, 11) is -9.89. The molecule has 87 heavy (non-hydrogen) atoms. The number of carbonyl (C=O) groups excluding carboxylic acids is 4. The zero-order valence-corrected chi connectivity index (χ0v) is 57.9. The first-order chi connectivity index (χ1) is 42.0. The van der Waals surface area contributed by atoms with Gasteiger partial charge in [0.05, 0.1) is 26.4 Å². The maximum Gasteiger partial charge on any atom is 0.472 e. The summed E-state index contributed by atoms with van der Waals surface area (Å²) in [4.78, 5) is 72.4. The molecule has 0 aromatic heterocycles. The van der Waals surface area contributed by atoms with Gasteiger partial charge in [0, 0.05) is 25.7 Å². The number of esters is 4. The number of aliphatic hydroxyl groups is 1. The van der Waals surface area contributed by atoms with Gasteiger partial charge in [-0.25, -0.2) is 9.13 Å². The van der Waals surface area contributed by atoms with Gasteiger partial charge in [0.2, 0.25) is 0 Å². The van der Waals surface area contributed by atoms with Crippen molar-refractivity contribution in [2.45, 2.75) is 368 Å². The van der Waals surface area contributed by atoms with E-state index in [2.05, 4.69) is 34.6 Å². The van der Waals surface area contributed by atoms with Gasteiger partial charge >= 0.3 is 39.5 Å².